The highest BCUT2D eigenvalue weighted by molar-refractivity contribution is 9.10. The van der Waals surface area contributed by atoms with Gasteiger partial charge in [0.1, 0.15) is 0 Å². The van der Waals surface area contributed by atoms with Crippen LogP contribution in [0.25, 0.3) is 0 Å². The van der Waals surface area contributed by atoms with Crippen LogP contribution < -0.4 is 5.32 Å². The van der Waals surface area contributed by atoms with Crippen molar-refractivity contribution in [3.8, 4) is 0 Å². The number of likely N-dealkylation sites (N-methyl/N-ethyl adjacent to an activating group) is 1. The monoisotopic (exact) mass is 338 g/mol. The predicted molar refractivity (Wildman–Crippen MR) is 83.5 cm³/mol. The van der Waals surface area contributed by atoms with E-state index in [0.717, 1.165) is 22.5 Å². The van der Waals surface area contributed by atoms with Crippen molar-refractivity contribution in [2.24, 2.45) is 0 Å². The smallest absolute Gasteiger partial charge is 0.0410 e. The molecule has 0 saturated carbocycles. The zero-order valence-corrected chi connectivity index (χ0v) is 13.1. The Hall–Kier alpha value is -0.900. The van der Waals surface area contributed by atoms with Gasteiger partial charge in [0, 0.05) is 27.9 Å². The highest BCUT2D eigenvalue weighted by Gasteiger charge is 2.14. The molecule has 0 aliphatic heterocycles. The Bertz CT molecular complexity index is 531. The number of nitrogens with one attached hydrogen (secondary N) is 1. The third kappa shape index (κ3) is 4.03. The molecule has 1 unspecified atom stereocenters. The largest absolute Gasteiger partial charge is 0.310 e. The van der Waals surface area contributed by atoms with Crippen molar-refractivity contribution in [2.75, 3.05) is 6.54 Å². The summed E-state index contributed by atoms with van der Waals surface area (Å²) in [4.78, 5) is 4.05. The second-order valence-corrected chi connectivity index (χ2v) is 5.63. The minimum absolute atomic E-state index is 0.237. The number of hydrogen-bond donors (Lipinski definition) is 1. The topological polar surface area (TPSA) is 24.9 Å². The fraction of sp³-hybridized carbons (Fsp3) is 0.267. The van der Waals surface area contributed by atoms with Crippen LogP contribution in [0.1, 0.15) is 24.1 Å². The Morgan fingerprint density at radius 2 is 2.00 bits per heavy atom. The van der Waals surface area contributed by atoms with E-state index in [2.05, 4.69) is 33.2 Å². The summed E-state index contributed by atoms with van der Waals surface area (Å²) in [6, 6.07) is 10.2. The second kappa shape index (κ2) is 7.04. The van der Waals surface area contributed by atoms with Crippen LogP contribution in [0.5, 0.6) is 0 Å². The fourth-order valence-corrected chi connectivity index (χ4v) is 2.78. The number of aromatic nitrogens is 1. The molecule has 0 spiro atoms. The van der Waals surface area contributed by atoms with E-state index in [0.29, 0.717) is 0 Å². The van der Waals surface area contributed by atoms with Crippen LogP contribution in [-0.2, 0) is 6.42 Å². The minimum atomic E-state index is 0.237. The molecule has 2 nitrogen and oxygen atoms in total. The molecule has 0 bridgehead atoms. The van der Waals surface area contributed by atoms with Gasteiger partial charge >= 0.3 is 0 Å². The maximum Gasteiger partial charge on any atom is 0.0410 e. The third-order valence-electron chi connectivity index (χ3n) is 2.97. The van der Waals surface area contributed by atoms with Gasteiger partial charge in [-0.2, -0.15) is 0 Å². The molecular formula is C15H16BrClN2. The molecule has 1 atom stereocenters. The summed E-state index contributed by atoms with van der Waals surface area (Å²) in [5.74, 6) is 0. The van der Waals surface area contributed by atoms with Gasteiger partial charge in [0.05, 0.1) is 0 Å². The summed E-state index contributed by atoms with van der Waals surface area (Å²) in [6.45, 7) is 3.02. The Labute approximate surface area is 127 Å². The number of rotatable bonds is 5. The van der Waals surface area contributed by atoms with Gasteiger partial charge in [0.2, 0.25) is 0 Å². The molecule has 19 heavy (non-hydrogen) atoms. The van der Waals surface area contributed by atoms with E-state index in [1.807, 2.05) is 42.7 Å². The number of nitrogens with zero attached hydrogens (tertiary/aromatic N) is 1. The van der Waals surface area contributed by atoms with Crippen molar-refractivity contribution in [2.45, 2.75) is 19.4 Å². The van der Waals surface area contributed by atoms with Gasteiger partial charge in [-0.1, -0.05) is 34.5 Å². The zero-order chi connectivity index (χ0) is 13.7. The molecule has 0 aliphatic carbocycles. The SMILES string of the molecule is CCNC(Cc1ccncc1)c1cc(Cl)ccc1Br. The van der Waals surface area contributed by atoms with Crippen molar-refractivity contribution < 1.29 is 0 Å². The summed E-state index contributed by atoms with van der Waals surface area (Å²) in [7, 11) is 0. The average Bonchev–Trinajstić information content (AvgIpc) is 2.42. The lowest BCUT2D eigenvalue weighted by Gasteiger charge is -2.20. The van der Waals surface area contributed by atoms with Gasteiger partial charge < -0.3 is 5.32 Å². The van der Waals surface area contributed by atoms with Crippen molar-refractivity contribution in [3.05, 3.63) is 63.3 Å². The van der Waals surface area contributed by atoms with Crippen LogP contribution in [0.4, 0.5) is 0 Å². The average molecular weight is 340 g/mol. The van der Waals surface area contributed by atoms with Crippen LogP contribution in [0.15, 0.2) is 47.2 Å². The van der Waals surface area contributed by atoms with Gasteiger partial charge in [-0.25, -0.2) is 0 Å². The van der Waals surface area contributed by atoms with Crippen molar-refractivity contribution in [1.29, 1.82) is 0 Å². The molecule has 0 aliphatic rings. The summed E-state index contributed by atoms with van der Waals surface area (Å²) in [6.07, 6.45) is 4.56. The van der Waals surface area contributed by atoms with Gasteiger partial charge in [-0.15, -0.1) is 0 Å². The van der Waals surface area contributed by atoms with E-state index in [4.69, 9.17) is 11.6 Å². The molecule has 1 N–H and O–H groups in total. The summed E-state index contributed by atoms with van der Waals surface area (Å²) >= 11 is 9.71. The molecule has 4 heteroatoms. The number of benzene rings is 1. The Morgan fingerprint density at radius 1 is 1.26 bits per heavy atom. The third-order valence-corrected chi connectivity index (χ3v) is 3.93. The maximum atomic E-state index is 6.11. The molecule has 1 aromatic carbocycles. The molecule has 0 radical (unpaired) electrons. The number of hydrogen-bond acceptors (Lipinski definition) is 2. The molecule has 0 fully saturated rings. The second-order valence-electron chi connectivity index (χ2n) is 4.34. The van der Waals surface area contributed by atoms with Gasteiger partial charge in [-0.05, 0) is 54.4 Å². The minimum Gasteiger partial charge on any atom is -0.310 e. The highest BCUT2D eigenvalue weighted by atomic mass is 79.9. The fourth-order valence-electron chi connectivity index (χ4n) is 2.07. The van der Waals surface area contributed by atoms with Gasteiger partial charge in [0.15, 0.2) is 0 Å². The standard InChI is InChI=1S/C15H16BrClN2/c1-2-19-15(9-11-5-7-18-8-6-11)13-10-12(17)3-4-14(13)16/h3-8,10,15,19H,2,9H2,1H3. The Balaban J connectivity index is 2.27. The molecule has 100 valence electrons. The first-order valence-electron chi connectivity index (χ1n) is 6.28. The molecule has 0 saturated heterocycles. The first-order valence-corrected chi connectivity index (χ1v) is 7.45. The summed E-state index contributed by atoms with van der Waals surface area (Å²) < 4.78 is 1.08. The number of pyridine rings is 1. The van der Waals surface area contributed by atoms with Crippen molar-refractivity contribution >= 4 is 27.5 Å². The zero-order valence-electron chi connectivity index (χ0n) is 10.7. The predicted octanol–water partition coefficient (Wildman–Crippen LogP) is 4.39. The molecular weight excluding hydrogens is 324 g/mol. The van der Waals surface area contributed by atoms with Crippen molar-refractivity contribution in [1.82, 2.24) is 10.3 Å². The van der Waals surface area contributed by atoms with Crippen LogP contribution in [0, 0.1) is 0 Å². The lowest BCUT2D eigenvalue weighted by molar-refractivity contribution is 0.548. The van der Waals surface area contributed by atoms with E-state index < -0.39 is 0 Å². The molecule has 0 amide bonds. The highest BCUT2D eigenvalue weighted by Crippen LogP contribution is 2.28. The Morgan fingerprint density at radius 3 is 2.68 bits per heavy atom. The molecule has 2 aromatic rings. The lowest BCUT2D eigenvalue weighted by Crippen LogP contribution is -2.23. The molecule has 1 heterocycles. The van der Waals surface area contributed by atoms with Crippen LogP contribution in [0.2, 0.25) is 5.02 Å². The first kappa shape index (κ1) is 14.5. The number of halogens is 2. The quantitative estimate of drug-likeness (QED) is 0.874. The lowest BCUT2D eigenvalue weighted by atomic mass is 9.99. The first-order chi connectivity index (χ1) is 9.20. The van der Waals surface area contributed by atoms with E-state index in [1.54, 1.807) is 0 Å². The van der Waals surface area contributed by atoms with Gasteiger partial charge in [0.25, 0.3) is 0 Å². The van der Waals surface area contributed by atoms with Gasteiger partial charge in [-0.3, -0.25) is 4.98 Å². The Kier molecular flexibility index (Phi) is 5.37. The maximum absolute atomic E-state index is 6.11. The van der Waals surface area contributed by atoms with Crippen molar-refractivity contribution in [3.63, 3.8) is 0 Å². The summed E-state index contributed by atoms with van der Waals surface area (Å²) in [5.41, 5.74) is 2.44. The summed E-state index contributed by atoms with van der Waals surface area (Å²) in [5, 5.41) is 4.27. The van der Waals surface area contributed by atoms with E-state index in [9.17, 15) is 0 Å². The van der Waals surface area contributed by atoms with E-state index in [-0.39, 0.29) is 6.04 Å². The van der Waals surface area contributed by atoms with E-state index >= 15 is 0 Å². The molecule has 2 rings (SSSR count). The van der Waals surface area contributed by atoms with Crippen LogP contribution in [-0.4, -0.2) is 11.5 Å². The van der Waals surface area contributed by atoms with E-state index in [1.165, 1.54) is 11.1 Å². The van der Waals surface area contributed by atoms with Crippen LogP contribution >= 0.6 is 27.5 Å². The van der Waals surface area contributed by atoms with Crippen LogP contribution in [0.3, 0.4) is 0 Å². The normalized spacial score (nSPS) is 12.4. The molecule has 1 aromatic heterocycles.